The van der Waals surface area contributed by atoms with Gasteiger partial charge in [-0.15, -0.1) is 0 Å². The zero-order valence-corrected chi connectivity index (χ0v) is 8.39. The first-order valence-corrected chi connectivity index (χ1v) is 4.59. The number of nitrogens with one attached hydrogen (secondary N) is 1. The molecular formula is C9H20N2O. The normalized spacial score (nSPS) is 10.3. The lowest BCUT2D eigenvalue weighted by molar-refractivity contribution is -0.120. The summed E-state index contributed by atoms with van der Waals surface area (Å²) in [6.45, 7) is 4.12. The Kier molecular flexibility index (Phi) is 6.76. The molecule has 1 N–H and O–H groups in total. The van der Waals surface area contributed by atoms with Crippen LogP contribution in [0.25, 0.3) is 0 Å². The highest BCUT2D eigenvalue weighted by atomic mass is 16.1. The van der Waals surface area contributed by atoms with E-state index in [1.165, 1.54) is 12.8 Å². The third-order valence-corrected chi connectivity index (χ3v) is 1.89. The van der Waals surface area contributed by atoms with Gasteiger partial charge in [0.25, 0.3) is 0 Å². The van der Waals surface area contributed by atoms with Gasteiger partial charge in [-0.1, -0.05) is 13.3 Å². The van der Waals surface area contributed by atoms with Crippen LogP contribution in [-0.2, 0) is 4.79 Å². The van der Waals surface area contributed by atoms with Crippen molar-refractivity contribution in [3.8, 4) is 0 Å². The van der Waals surface area contributed by atoms with E-state index >= 15 is 0 Å². The van der Waals surface area contributed by atoms with Crippen molar-refractivity contribution in [3.63, 3.8) is 0 Å². The molecule has 0 fully saturated rings. The van der Waals surface area contributed by atoms with Crippen molar-refractivity contribution in [2.45, 2.75) is 26.2 Å². The number of unbranched alkanes of at least 4 members (excludes halogenated alkanes) is 1. The van der Waals surface area contributed by atoms with Crippen molar-refractivity contribution >= 4 is 5.91 Å². The smallest absolute Gasteiger partial charge is 0.221 e. The first kappa shape index (κ1) is 11.4. The van der Waals surface area contributed by atoms with Gasteiger partial charge in [0.2, 0.25) is 5.91 Å². The molecule has 0 atom stereocenters. The van der Waals surface area contributed by atoms with Gasteiger partial charge < -0.3 is 10.2 Å². The van der Waals surface area contributed by atoms with E-state index in [0.29, 0.717) is 6.42 Å². The van der Waals surface area contributed by atoms with E-state index < -0.39 is 0 Å². The predicted octanol–water partition coefficient (Wildman–Crippen LogP) is 0.854. The minimum atomic E-state index is 0.123. The van der Waals surface area contributed by atoms with E-state index in [1.807, 2.05) is 0 Å². The fourth-order valence-electron chi connectivity index (χ4n) is 0.957. The third-order valence-electron chi connectivity index (χ3n) is 1.89. The van der Waals surface area contributed by atoms with Crippen molar-refractivity contribution < 1.29 is 4.79 Å². The lowest BCUT2D eigenvalue weighted by Gasteiger charge is -2.14. The molecule has 72 valence electrons. The summed E-state index contributed by atoms with van der Waals surface area (Å²) in [5.41, 5.74) is 0. The number of amides is 1. The SMILES string of the molecule is CCCCN(C)CCC(=O)NC. The largest absolute Gasteiger partial charge is 0.359 e. The molecule has 3 nitrogen and oxygen atoms in total. The Morgan fingerprint density at radius 2 is 2.08 bits per heavy atom. The number of hydrogen-bond acceptors (Lipinski definition) is 2. The molecule has 3 heteroatoms. The molecule has 0 rings (SSSR count). The van der Waals surface area contributed by atoms with Crippen LogP contribution in [0.2, 0.25) is 0 Å². The molecule has 0 bridgehead atoms. The van der Waals surface area contributed by atoms with Crippen LogP contribution in [0.1, 0.15) is 26.2 Å². The van der Waals surface area contributed by atoms with Crippen LogP contribution in [0, 0.1) is 0 Å². The Morgan fingerprint density at radius 3 is 2.58 bits per heavy atom. The van der Waals surface area contributed by atoms with Crippen LogP contribution in [0.5, 0.6) is 0 Å². The standard InChI is InChI=1S/C9H20N2O/c1-4-5-7-11(3)8-6-9(12)10-2/h4-8H2,1-3H3,(H,10,12). The Morgan fingerprint density at radius 1 is 1.42 bits per heavy atom. The van der Waals surface area contributed by atoms with Crippen LogP contribution in [0.15, 0.2) is 0 Å². The minimum absolute atomic E-state index is 0.123. The molecular weight excluding hydrogens is 152 g/mol. The molecule has 0 spiro atoms. The average Bonchev–Trinajstić information content (AvgIpc) is 2.10. The van der Waals surface area contributed by atoms with Gasteiger partial charge in [-0.2, -0.15) is 0 Å². The maximum Gasteiger partial charge on any atom is 0.221 e. The van der Waals surface area contributed by atoms with Gasteiger partial charge in [0.1, 0.15) is 0 Å². The number of hydrogen-bond donors (Lipinski definition) is 1. The van der Waals surface area contributed by atoms with Gasteiger partial charge in [0, 0.05) is 20.0 Å². The summed E-state index contributed by atoms with van der Waals surface area (Å²) >= 11 is 0. The van der Waals surface area contributed by atoms with Crippen LogP contribution < -0.4 is 5.32 Å². The molecule has 0 radical (unpaired) electrons. The van der Waals surface area contributed by atoms with E-state index in [-0.39, 0.29) is 5.91 Å². The number of carbonyl (C=O) groups is 1. The van der Waals surface area contributed by atoms with Crippen LogP contribution in [-0.4, -0.2) is 38.0 Å². The summed E-state index contributed by atoms with van der Waals surface area (Å²) in [5.74, 6) is 0.123. The monoisotopic (exact) mass is 172 g/mol. The van der Waals surface area contributed by atoms with E-state index in [1.54, 1.807) is 7.05 Å². The van der Waals surface area contributed by atoms with Crippen LogP contribution in [0.3, 0.4) is 0 Å². The fraction of sp³-hybridized carbons (Fsp3) is 0.889. The predicted molar refractivity (Wildman–Crippen MR) is 51.1 cm³/mol. The summed E-state index contributed by atoms with van der Waals surface area (Å²) in [6, 6.07) is 0. The topological polar surface area (TPSA) is 32.3 Å². The van der Waals surface area contributed by atoms with Crippen molar-refractivity contribution in [2.75, 3.05) is 27.2 Å². The van der Waals surface area contributed by atoms with Gasteiger partial charge >= 0.3 is 0 Å². The molecule has 0 aromatic rings. The van der Waals surface area contributed by atoms with Crippen molar-refractivity contribution in [2.24, 2.45) is 0 Å². The zero-order valence-electron chi connectivity index (χ0n) is 8.39. The number of nitrogens with zero attached hydrogens (tertiary/aromatic N) is 1. The fourth-order valence-corrected chi connectivity index (χ4v) is 0.957. The van der Waals surface area contributed by atoms with E-state index in [2.05, 4.69) is 24.2 Å². The Labute approximate surface area is 75.1 Å². The van der Waals surface area contributed by atoms with Crippen molar-refractivity contribution in [3.05, 3.63) is 0 Å². The first-order chi connectivity index (χ1) is 5.70. The molecule has 1 amide bonds. The highest BCUT2D eigenvalue weighted by Gasteiger charge is 2.01. The molecule has 0 aliphatic heterocycles. The molecule has 0 aliphatic carbocycles. The minimum Gasteiger partial charge on any atom is -0.359 e. The van der Waals surface area contributed by atoms with E-state index in [9.17, 15) is 4.79 Å². The van der Waals surface area contributed by atoms with Crippen molar-refractivity contribution in [1.29, 1.82) is 0 Å². The van der Waals surface area contributed by atoms with Gasteiger partial charge in [0.15, 0.2) is 0 Å². The number of rotatable bonds is 6. The summed E-state index contributed by atoms with van der Waals surface area (Å²) in [7, 11) is 3.73. The Balaban J connectivity index is 3.30. The molecule has 0 saturated carbocycles. The lowest BCUT2D eigenvalue weighted by Crippen LogP contribution is -2.27. The Bertz CT molecular complexity index is 126. The second-order valence-corrected chi connectivity index (χ2v) is 3.08. The van der Waals surface area contributed by atoms with Crippen LogP contribution in [0.4, 0.5) is 0 Å². The summed E-state index contributed by atoms with van der Waals surface area (Å²) in [6.07, 6.45) is 3.03. The van der Waals surface area contributed by atoms with E-state index in [0.717, 1.165) is 13.1 Å². The molecule has 0 aliphatic rings. The van der Waals surface area contributed by atoms with Crippen molar-refractivity contribution in [1.82, 2.24) is 10.2 Å². The third kappa shape index (κ3) is 6.16. The molecule has 0 unspecified atom stereocenters. The first-order valence-electron chi connectivity index (χ1n) is 4.59. The molecule has 12 heavy (non-hydrogen) atoms. The highest BCUT2D eigenvalue weighted by Crippen LogP contribution is 1.92. The van der Waals surface area contributed by atoms with E-state index in [4.69, 9.17) is 0 Å². The van der Waals surface area contributed by atoms with Gasteiger partial charge in [-0.25, -0.2) is 0 Å². The Hall–Kier alpha value is -0.570. The lowest BCUT2D eigenvalue weighted by atomic mass is 10.3. The highest BCUT2D eigenvalue weighted by molar-refractivity contribution is 5.75. The summed E-state index contributed by atoms with van der Waals surface area (Å²) < 4.78 is 0. The second-order valence-electron chi connectivity index (χ2n) is 3.08. The summed E-state index contributed by atoms with van der Waals surface area (Å²) in [4.78, 5) is 13.0. The average molecular weight is 172 g/mol. The second kappa shape index (κ2) is 7.10. The van der Waals surface area contributed by atoms with Gasteiger partial charge in [-0.05, 0) is 20.0 Å². The molecule has 0 aromatic heterocycles. The van der Waals surface area contributed by atoms with Crippen LogP contribution >= 0.6 is 0 Å². The quantitative estimate of drug-likeness (QED) is 0.644. The summed E-state index contributed by atoms with van der Waals surface area (Å²) in [5, 5.41) is 2.61. The molecule has 0 saturated heterocycles. The van der Waals surface area contributed by atoms with Gasteiger partial charge in [0.05, 0.1) is 0 Å². The number of carbonyl (C=O) groups excluding carboxylic acids is 1. The molecule has 0 heterocycles. The molecule has 0 aromatic carbocycles. The maximum absolute atomic E-state index is 10.9. The maximum atomic E-state index is 10.9. The van der Waals surface area contributed by atoms with Gasteiger partial charge in [-0.3, -0.25) is 4.79 Å². The zero-order chi connectivity index (χ0) is 9.40.